The summed E-state index contributed by atoms with van der Waals surface area (Å²) < 4.78 is 24.0. The molecule has 2 unspecified atom stereocenters. The lowest BCUT2D eigenvalue weighted by Gasteiger charge is -2.24. The van der Waals surface area contributed by atoms with Crippen molar-refractivity contribution >= 4 is 44.3 Å². The SMILES string of the molecule is Cc1ccc(N2C(=NC(=O)CCCC(=O)O)SC3CS(=O)(=O)CC32)cc1. The van der Waals surface area contributed by atoms with Crippen LogP contribution in [0.3, 0.4) is 0 Å². The van der Waals surface area contributed by atoms with Gasteiger partial charge in [-0.05, 0) is 25.5 Å². The van der Waals surface area contributed by atoms with E-state index < -0.39 is 15.8 Å². The Kier molecular flexibility index (Phi) is 5.38. The molecule has 2 aliphatic heterocycles. The van der Waals surface area contributed by atoms with E-state index in [-0.39, 0.29) is 48.0 Å². The molecule has 0 bridgehead atoms. The van der Waals surface area contributed by atoms with Crippen LogP contribution in [0.25, 0.3) is 0 Å². The Balaban J connectivity index is 1.84. The van der Waals surface area contributed by atoms with Crippen LogP contribution in [0.2, 0.25) is 0 Å². The van der Waals surface area contributed by atoms with Gasteiger partial charge < -0.3 is 10.0 Å². The highest BCUT2D eigenvalue weighted by Crippen LogP contribution is 2.41. The van der Waals surface area contributed by atoms with Gasteiger partial charge >= 0.3 is 5.97 Å². The lowest BCUT2D eigenvalue weighted by atomic mass is 10.1. The van der Waals surface area contributed by atoms with Crippen LogP contribution < -0.4 is 4.90 Å². The number of aryl methyl sites for hydroxylation is 1. The number of thioether (sulfide) groups is 1. The molecule has 26 heavy (non-hydrogen) atoms. The molecule has 3 rings (SSSR count). The summed E-state index contributed by atoms with van der Waals surface area (Å²) >= 11 is 1.32. The highest BCUT2D eigenvalue weighted by molar-refractivity contribution is 8.16. The highest BCUT2D eigenvalue weighted by Gasteiger charge is 2.49. The van der Waals surface area contributed by atoms with Crippen molar-refractivity contribution in [2.75, 3.05) is 16.4 Å². The lowest BCUT2D eigenvalue weighted by Crippen LogP contribution is -2.37. The predicted molar refractivity (Wildman–Crippen MR) is 101 cm³/mol. The third-order valence-electron chi connectivity index (χ3n) is 4.38. The number of carbonyl (C=O) groups is 2. The molecule has 1 N–H and O–H groups in total. The van der Waals surface area contributed by atoms with Crippen LogP contribution in [0.5, 0.6) is 0 Å². The fourth-order valence-electron chi connectivity index (χ4n) is 3.13. The maximum Gasteiger partial charge on any atom is 0.303 e. The number of amides is 1. The number of aliphatic carboxylic acids is 1. The topological polar surface area (TPSA) is 104 Å². The molecular weight excluding hydrogens is 376 g/mol. The van der Waals surface area contributed by atoms with Crippen molar-refractivity contribution in [3.05, 3.63) is 29.8 Å². The minimum atomic E-state index is -3.10. The molecule has 0 radical (unpaired) electrons. The van der Waals surface area contributed by atoms with Crippen LogP contribution >= 0.6 is 11.8 Å². The van der Waals surface area contributed by atoms with Gasteiger partial charge in [0.2, 0.25) is 5.91 Å². The molecule has 2 atom stereocenters. The van der Waals surface area contributed by atoms with Crippen molar-refractivity contribution < 1.29 is 23.1 Å². The standard InChI is InChI=1S/C17H20N2O5S2/c1-11-5-7-12(8-6-11)19-13-9-26(23,24)10-14(13)25-17(19)18-15(20)3-2-4-16(21)22/h5-8,13-14H,2-4,9-10H2,1H3,(H,21,22). The van der Waals surface area contributed by atoms with E-state index in [1.54, 1.807) is 0 Å². The number of nitrogens with zero attached hydrogens (tertiary/aromatic N) is 2. The van der Waals surface area contributed by atoms with Gasteiger partial charge in [0.1, 0.15) is 0 Å². The zero-order valence-electron chi connectivity index (χ0n) is 14.3. The van der Waals surface area contributed by atoms with Crippen molar-refractivity contribution in [1.29, 1.82) is 0 Å². The molecule has 2 fully saturated rings. The molecule has 7 nitrogen and oxygen atoms in total. The van der Waals surface area contributed by atoms with Gasteiger partial charge in [-0.1, -0.05) is 29.5 Å². The van der Waals surface area contributed by atoms with E-state index >= 15 is 0 Å². The molecule has 0 saturated carbocycles. The van der Waals surface area contributed by atoms with Gasteiger partial charge in [-0.3, -0.25) is 9.59 Å². The van der Waals surface area contributed by atoms with Gasteiger partial charge in [-0.2, -0.15) is 4.99 Å². The van der Waals surface area contributed by atoms with Gasteiger partial charge in [0.15, 0.2) is 15.0 Å². The Hall–Kier alpha value is -1.87. The molecule has 0 aliphatic carbocycles. The zero-order chi connectivity index (χ0) is 18.9. The first-order valence-electron chi connectivity index (χ1n) is 8.31. The van der Waals surface area contributed by atoms with E-state index in [0.717, 1.165) is 11.3 Å². The van der Waals surface area contributed by atoms with Gasteiger partial charge in [0.05, 0.1) is 17.5 Å². The molecule has 1 amide bonds. The Morgan fingerprint density at radius 1 is 1.23 bits per heavy atom. The molecule has 0 spiro atoms. The normalized spacial score (nSPS) is 25.4. The van der Waals surface area contributed by atoms with Gasteiger partial charge in [0, 0.05) is 23.8 Å². The van der Waals surface area contributed by atoms with E-state index in [2.05, 4.69) is 4.99 Å². The quantitative estimate of drug-likeness (QED) is 0.810. The van der Waals surface area contributed by atoms with Crippen LogP contribution in [-0.4, -0.2) is 53.4 Å². The molecule has 2 heterocycles. The van der Waals surface area contributed by atoms with Crippen LogP contribution in [0, 0.1) is 6.92 Å². The number of amidine groups is 1. The number of aliphatic imine (C=N–C) groups is 1. The number of carboxylic acid groups (broad SMARTS) is 1. The Bertz CT molecular complexity index is 848. The Morgan fingerprint density at radius 3 is 2.58 bits per heavy atom. The summed E-state index contributed by atoms with van der Waals surface area (Å²) in [5, 5.41) is 9.02. The van der Waals surface area contributed by atoms with E-state index in [1.165, 1.54) is 11.8 Å². The van der Waals surface area contributed by atoms with Crippen molar-refractivity contribution in [3.63, 3.8) is 0 Å². The second-order valence-corrected chi connectivity index (χ2v) is 9.90. The maximum atomic E-state index is 12.1. The van der Waals surface area contributed by atoms with Crippen molar-refractivity contribution in [2.24, 2.45) is 4.99 Å². The molecular formula is C17H20N2O5S2. The summed E-state index contributed by atoms with van der Waals surface area (Å²) in [7, 11) is -3.10. The summed E-state index contributed by atoms with van der Waals surface area (Å²) in [6, 6.07) is 7.42. The summed E-state index contributed by atoms with van der Waals surface area (Å²) in [5.41, 5.74) is 1.89. The molecule has 9 heteroatoms. The first-order chi connectivity index (χ1) is 12.2. The molecule has 0 aromatic heterocycles. The summed E-state index contributed by atoms with van der Waals surface area (Å²) in [6.45, 7) is 1.96. The molecule has 2 saturated heterocycles. The fourth-order valence-corrected chi connectivity index (χ4v) is 7.06. The fraction of sp³-hybridized carbons (Fsp3) is 0.471. The van der Waals surface area contributed by atoms with Crippen LogP contribution in [0.1, 0.15) is 24.8 Å². The second-order valence-electron chi connectivity index (χ2n) is 6.54. The molecule has 1 aromatic carbocycles. The third kappa shape index (κ3) is 4.27. The van der Waals surface area contributed by atoms with E-state index in [1.807, 2.05) is 36.1 Å². The first kappa shape index (κ1) is 18.9. The minimum Gasteiger partial charge on any atom is -0.481 e. The smallest absolute Gasteiger partial charge is 0.303 e. The van der Waals surface area contributed by atoms with E-state index in [9.17, 15) is 18.0 Å². The van der Waals surface area contributed by atoms with Crippen LogP contribution in [0.15, 0.2) is 29.3 Å². The zero-order valence-corrected chi connectivity index (χ0v) is 15.9. The Morgan fingerprint density at radius 2 is 1.92 bits per heavy atom. The van der Waals surface area contributed by atoms with Gasteiger partial charge in [-0.25, -0.2) is 8.42 Å². The van der Waals surface area contributed by atoms with Crippen LogP contribution in [-0.2, 0) is 19.4 Å². The van der Waals surface area contributed by atoms with Gasteiger partial charge in [-0.15, -0.1) is 0 Å². The average molecular weight is 396 g/mol. The van der Waals surface area contributed by atoms with Gasteiger partial charge in [0.25, 0.3) is 0 Å². The molecule has 140 valence electrons. The third-order valence-corrected chi connectivity index (χ3v) is 7.59. The number of fused-ring (bicyclic) bond motifs is 1. The number of hydrogen-bond acceptors (Lipinski definition) is 5. The summed E-state index contributed by atoms with van der Waals surface area (Å²) in [5.74, 6) is -1.20. The molecule has 1 aromatic rings. The monoisotopic (exact) mass is 396 g/mol. The number of sulfone groups is 1. The first-order valence-corrected chi connectivity index (χ1v) is 11.0. The van der Waals surface area contributed by atoms with Crippen LogP contribution in [0.4, 0.5) is 5.69 Å². The van der Waals surface area contributed by atoms with Crippen molar-refractivity contribution in [3.8, 4) is 0 Å². The summed E-state index contributed by atoms with van der Waals surface area (Å²) in [6.07, 6.45) is 0.224. The number of carbonyl (C=O) groups excluding carboxylic acids is 1. The average Bonchev–Trinajstić information content (AvgIpc) is 2.99. The predicted octanol–water partition coefficient (Wildman–Crippen LogP) is 1.85. The highest BCUT2D eigenvalue weighted by atomic mass is 32.2. The number of rotatable bonds is 5. The lowest BCUT2D eigenvalue weighted by molar-refractivity contribution is -0.137. The number of carboxylic acids is 1. The summed E-state index contributed by atoms with van der Waals surface area (Å²) in [4.78, 5) is 28.7. The van der Waals surface area contributed by atoms with E-state index in [4.69, 9.17) is 5.11 Å². The van der Waals surface area contributed by atoms with Crippen molar-refractivity contribution in [2.45, 2.75) is 37.5 Å². The number of benzene rings is 1. The minimum absolute atomic E-state index is 0.0464. The maximum absolute atomic E-state index is 12.1. The molecule has 2 aliphatic rings. The van der Waals surface area contributed by atoms with Crippen molar-refractivity contribution in [1.82, 2.24) is 0 Å². The number of hydrogen-bond donors (Lipinski definition) is 1. The largest absolute Gasteiger partial charge is 0.481 e. The van der Waals surface area contributed by atoms with E-state index in [0.29, 0.717) is 5.17 Å². The second kappa shape index (κ2) is 7.40. The Labute approximate surface area is 156 Å². The number of anilines is 1.